The van der Waals surface area contributed by atoms with Crippen LogP contribution in [-0.4, -0.2) is 9.97 Å². The maximum absolute atomic E-state index is 5.32. The minimum atomic E-state index is 0. The van der Waals surface area contributed by atoms with Gasteiger partial charge in [0.1, 0.15) is 0 Å². The van der Waals surface area contributed by atoms with Crippen LogP contribution in [0.3, 0.4) is 0 Å². The van der Waals surface area contributed by atoms with Crippen LogP contribution in [-0.2, 0) is 6.54 Å². The van der Waals surface area contributed by atoms with Crippen molar-refractivity contribution in [3.63, 3.8) is 0 Å². The van der Waals surface area contributed by atoms with Crippen LogP contribution in [0.2, 0.25) is 0 Å². The monoisotopic (exact) mass is 159 g/mol. The van der Waals surface area contributed by atoms with E-state index in [1.165, 1.54) is 0 Å². The molecule has 0 radical (unpaired) electrons. The number of nitrogens with two attached hydrogens (primary N) is 1. The number of aryl methyl sites for hydroxylation is 1. The van der Waals surface area contributed by atoms with Crippen LogP contribution in [0.1, 0.15) is 11.4 Å². The summed E-state index contributed by atoms with van der Waals surface area (Å²) >= 11 is 0. The standard InChI is InChI=1S/C6H9N3.ClH/c1-5-3-8-4-6(2-7)9-5;/h3-4H,2,7H2,1H3;1H. The van der Waals surface area contributed by atoms with Crippen molar-refractivity contribution in [2.24, 2.45) is 5.73 Å². The highest BCUT2D eigenvalue weighted by Crippen LogP contribution is 1.91. The summed E-state index contributed by atoms with van der Waals surface area (Å²) in [5.41, 5.74) is 7.07. The van der Waals surface area contributed by atoms with Gasteiger partial charge in [-0.15, -0.1) is 12.4 Å². The van der Waals surface area contributed by atoms with Crippen LogP contribution in [0.4, 0.5) is 0 Å². The van der Waals surface area contributed by atoms with Gasteiger partial charge in [-0.3, -0.25) is 9.97 Å². The van der Waals surface area contributed by atoms with Crippen molar-refractivity contribution >= 4 is 12.4 Å². The molecule has 0 bridgehead atoms. The summed E-state index contributed by atoms with van der Waals surface area (Å²) in [6, 6.07) is 0. The second kappa shape index (κ2) is 4.19. The Hall–Kier alpha value is -0.670. The lowest BCUT2D eigenvalue weighted by molar-refractivity contribution is 0.939. The molecule has 0 aliphatic rings. The van der Waals surface area contributed by atoms with Crippen molar-refractivity contribution in [3.05, 3.63) is 23.8 Å². The van der Waals surface area contributed by atoms with E-state index in [4.69, 9.17) is 5.73 Å². The topological polar surface area (TPSA) is 51.8 Å². The molecule has 1 heterocycles. The van der Waals surface area contributed by atoms with E-state index in [0.29, 0.717) is 6.54 Å². The van der Waals surface area contributed by atoms with E-state index in [2.05, 4.69) is 9.97 Å². The van der Waals surface area contributed by atoms with Crippen molar-refractivity contribution in [2.75, 3.05) is 0 Å². The van der Waals surface area contributed by atoms with Crippen LogP contribution in [0, 0.1) is 6.92 Å². The molecule has 0 saturated heterocycles. The molecule has 0 aromatic carbocycles. The van der Waals surface area contributed by atoms with Crippen molar-refractivity contribution in [3.8, 4) is 0 Å². The Morgan fingerprint density at radius 3 is 2.60 bits per heavy atom. The Morgan fingerprint density at radius 1 is 1.50 bits per heavy atom. The summed E-state index contributed by atoms with van der Waals surface area (Å²) in [6.45, 7) is 2.36. The molecule has 4 heteroatoms. The van der Waals surface area contributed by atoms with Crippen molar-refractivity contribution < 1.29 is 0 Å². The van der Waals surface area contributed by atoms with Gasteiger partial charge in [-0.05, 0) is 6.92 Å². The van der Waals surface area contributed by atoms with Crippen molar-refractivity contribution in [1.29, 1.82) is 0 Å². The summed E-state index contributed by atoms with van der Waals surface area (Å²) in [4.78, 5) is 8.02. The van der Waals surface area contributed by atoms with Gasteiger partial charge in [0.15, 0.2) is 0 Å². The highest BCUT2D eigenvalue weighted by molar-refractivity contribution is 5.85. The molecule has 0 aliphatic heterocycles. The zero-order valence-corrected chi connectivity index (χ0v) is 6.56. The lowest BCUT2D eigenvalue weighted by atomic mass is 10.4. The molecule has 2 N–H and O–H groups in total. The quantitative estimate of drug-likeness (QED) is 0.655. The maximum Gasteiger partial charge on any atom is 0.0725 e. The first kappa shape index (κ1) is 9.33. The van der Waals surface area contributed by atoms with E-state index in [1.807, 2.05) is 6.92 Å². The average molecular weight is 160 g/mol. The van der Waals surface area contributed by atoms with Crippen LogP contribution in [0.5, 0.6) is 0 Å². The largest absolute Gasteiger partial charge is 0.325 e. The van der Waals surface area contributed by atoms with E-state index in [-0.39, 0.29) is 12.4 Å². The molecular formula is C6H10ClN3. The number of hydrogen-bond acceptors (Lipinski definition) is 3. The summed E-state index contributed by atoms with van der Waals surface area (Å²) < 4.78 is 0. The Kier molecular flexibility index (Phi) is 3.91. The predicted octanol–water partition coefficient (Wildman–Crippen LogP) is 0.666. The molecule has 1 aromatic heterocycles. The summed E-state index contributed by atoms with van der Waals surface area (Å²) in [7, 11) is 0. The number of hydrogen-bond donors (Lipinski definition) is 1. The molecule has 3 nitrogen and oxygen atoms in total. The van der Waals surface area contributed by atoms with Gasteiger partial charge in [-0.1, -0.05) is 0 Å². The Labute approximate surface area is 66.1 Å². The lowest BCUT2D eigenvalue weighted by Crippen LogP contribution is -2.00. The number of rotatable bonds is 1. The fourth-order valence-corrected chi connectivity index (χ4v) is 0.614. The fraction of sp³-hybridized carbons (Fsp3) is 0.333. The fourth-order valence-electron chi connectivity index (χ4n) is 0.614. The Morgan fingerprint density at radius 2 is 2.20 bits per heavy atom. The minimum absolute atomic E-state index is 0. The van der Waals surface area contributed by atoms with Crippen molar-refractivity contribution in [1.82, 2.24) is 9.97 Å². The zero-order valence-electron chi connectivity index (χ0n) is 5.74. The third-order valence-electron chi connectivity index (χ3n) is 1.01. The second-order valence-corrected chi connectivity index (χ2v) is 1.86. The predicted molar refractivity (Wildman–Crippen MR) is 41.9 cm³/mol. The molecule has 0 amide bonds. The zero-order chi connectivity index (χ0) is 6.69. The molecule has 0 saturated carbocycles. The summed E-state index contributed by atoms with van der Waals surface area (Å²) in [5, 5.41) is 0. The lowest BCUT2D eigenvalue weighted by Gasteiger charge is -1.93. The molecule has 1 rings (SSSR count). The number of nitrogens with zero attached hydrogens (tertiary/aromatic N) is 2. The van der Waals surface area contributed by atoms with Gasteiger partial charge < -0.3 is 5.73 Å². The van der Waals surface area contributed by atoms with Gasteiger partial charge in [0, 0.05) is 18.9 Å². The van der Waals surface area contributed by atoms with Crippen LogP contribution in [0.25, 0.3) is 0 Å². The highest BCUT2D eigenvalue weighted by atomic mass is 35.5. The molecular weight excluding hydrogens is 150 g/mol. The Balaban J connectivity index is 0.000000810. The molecule has 56 valence electrons. The summed E-state index contributed by atoms with van der Waals surface area (Å²) in [6.07, 6.45) is 3.38. The van der Waals surface area contributed by atoms with Gasteiger partial charge in [-0.25, -0.2) is 0 Å². The molecule has 0 atom stereocenters. The van der Waals surface area contributed by atoms with Crippen LogP contribution < -0.4 is 5.73 Å². The highest BCUT2D eigenvalue weighted by Gasteiger charge is 1.88. The first-order valence-corrected chi connectivity index (χ1v) is 2.80. The van der Waals surface area contributed by atoms with Gasteiger partial charge in [0.2, 0.25) is 0 Å². The van der Waals surface area contributed by atoms with Gasteiger partial charge in [-0.2, -0.15) is 0 Å². The normalized spacial score (nSPS) is 8.60. The first-order valence-electron chi connectivity index (χ1n) is 2.80. The molecule has 0 spiro atoms. The molecule has 0 unspecified atom stereocenters. The van der Waals surface area contributed by atoms with Crippen LogP contribution in [0.15, 0.2) is 12.4 Å². The van der Waals surface area contributed by atoms with Crippen LogP contribution >= 0.6 is 12.4 Å². The SMILES string of the molecule is Cc1cncc(CN)n1.Cl. The summed E-state index contributed by atoms with van der Waals surface area (Å²) in [5.74, 6) is 0. The third kappa shape index (κ3) is 2.29. The maximum atomic E-state index is 5.32. The third-order valence-corrected chi connectivity index (χ3v) is 1.01. The van der Waals surface area contributed by atoms with E-state index < -0.39 is 0 Å². The first-order chi connectivity index (χ1) is 4.33. The molecule has 1 aromatic rings. The molecule has 0 aliphatic carbocycles. The van der Waals surface area contributed by atoms with E-state index in [9.17, 15) is 0 Å². The van der Waals surface area contributed by atoms with Gasteiger partial charge in [0.25, 0.3) is 0 Å². The number of halogens is 1. The Bertz CT molecular complexity index is 202. The minimum Gasteiger partial charge on any atom is -0.325 e. The van der Waals surface area contributed by atoms with E-state index in [0.717, 1.165) is 11.4 Å². The van der Waals surface area contributed by atoms with E-state index >= 15 is 0 Å². The van der Waals surface area contributed by atoms with Gasteiger partial charge >= 0.3 is 0 Å². The second-order valence-electron chi connectivity index (χ2n) is 1.86. The smallest absolute Gasteiger partial charge is 0.0725 e. The molecule has 10 heavy (non-hydrogen) atoms. The average Bonchev–Trinajstić information content (AvgIpc) is 1.88. The van der Waals surface area contributed by atoms with Gasteiger partial charge in [0.05, 0.1) is 11.4 Å². The van der Waals surface area contributed by atoms with E-state index in [1.54, 1.807) is 12.4 Å². The molecule has 0 fully saturated rings. The van der Waals surface area contributed by atoms with Crippen molar-refractivity contribution in [2.45, 2.75) is 13.5 Å². The number of aromatic nitrogens is 2.